The lowest BCUT2D eigenvalue weighted by Crippen LogP contribution is -2.42. The molecule has 4 aromatic rings. The third kappa shape index (κ3) is 3.05. The lowest BCUT2D eigenvalue weighted by Gasteiger charge is -2.26. The number of nitrogens with zero attached hydrogens (tertiary/aromatic N) is 4. The van der Waals surface area contributed by atoms with Crippen LogP contribution in [0.1, 0.15) is 22.6 Å². The number of hydrogen-bond donors (Lipinski definition) is 1. The summed E-state index contributed by atoms with van der Waals surface area (Å²) in [6, 6.07) is 20.0. The summed E-state index contributed by atoms with van der Waals surface area (Å²) in [5.74, 6) is -0.825. The Morgan fingerprint density at radius 2 is 1.73 bits per heavy atom. The Labute approximate surface area is 189 Å². The van der Waals surface area contributed by atoms with Crippen LogP contribution in [0.4, 0.5) is 0 Å². The molecule has 2 N–H and O–H groups in total. The van der Waals surface area contributed by atoms with Crippen LogP contribution in [-0.2, 0) is 20.6 Å². The van der Waals surface area contributed by atoms with E-state index in [2.05, 4.69) is 10.6 Å². The van der Waals surface area contributed by atoms with E-state index in [1.165, 1.54) is 18.7 Å². The number of nitriles is 1. The average Bonchev–Trinajstić information content (AvgIpc) is 3.19. The van der Waals surface area contributed by atoms with Crippen LogP contribution < -0.4 is 21.7 Å². The van der Waals surface area contributed by atoms with Crippen LogP contribution in [0.3, 0.4) is 0 Å². The van der Waals surface area contributed by atoms with Gasteiger partial charge in [0.15, 0.2) is 0 Å². The molecule has 0 unspecified atom stereocenters. The van der Waals surface area contributed by atoms with Gasteiger partial charge in [0, 0.05) is 37.7 Å². The number of allylic oxidation sites excluding steroid dienone is 1. The van der Waals surface area contributed by atoms with Gasteiger partial charge in [0.05, 0.1) is 11.5 Å². The van der Waals surface area contributed by atoms with Gasteiger partial charge in [-0.1, -0.05) is 48.5 Å². The second kappa shape index (κ2) is 7.57. The molecule has 8 nitrogen and oxygen atoms in total. The molecule has 3 heterocycles. The molecule has 2 aromatic carbocycles. The molecule has 0 amide bonds. The van der Waals surface area contributed by atoms with Crippen molar-refractivity contribution >= 4 is 10.9 Å². The van der Waals surface area contributed by atoms with E-state index in [4.69, 9.17) is 10.5 Å². The van der Waals surface area contributed by atoms with Crippen LogP contribution in [0.25, 0.3) is 10.9 Å². The highest BCUT2D eigenvalue weighted by Crippen LogP contribution is 2.42. The summed E-state index contributed by atoms with van der Waals surface area (Å²) >= 11 is 0. The maximum atomic E-state index is 13.3. The van der Waals surface area contributed by atoms with Crippen molar-refractivity contribution in [1.29, 1.82) is 5.26 Å². The Morgan fingerprint density at radius 1 is 1.03 bits per heavy atom. The van der Waals surface area contributed by atoms with E-state index in [0.717, 1.165) is 26.6 Å². The topological polar surface area (TPSA) is 108 Å². The number of fused-ring (bicyclic) bond motifs is 2. The minimum Gasteiger partial charge on any atom is -0.423 e. The largest absolute Gasteiger partial charge is 0.423 e. The fourth-order valence-corrected chi connectivity index (χ4v) is 4.51. The molecule has 1 aliphatic rings. The Bertz CT molecular complexity index is 1600. The molecular weight excluding hydrogens is 418 g/mol. The Balaban J connectivity index is 1.82. The predicted molar refractivity (Wildman–Crippen MR) is 124 cm³/mol. The zero-order valence-electron chi connectivity index (χ0n) is 18.1. The summed E-state index contributed by atoms with van der Waals surface area (Å²) in [5.41, 5.74) is 8.26. The number of benzene rings is 2. The first-order valence-electron chi connectivity index (χ1n) is 10.4. The number of ether oxygens (including phenoxy) is 1. The molecule has 0 spiro atoms. The van der Waals surface area contributed by atoms with Crippen LogP contribution in [0.5, 0.6) is 5.88 Å². The number of aromatic nitrogens is 3. The standard InChI is InChI=1S/C25H21N5O3/c1-28-23(31)21-20(17(12-26)22(27)33-24(21)29(2)25(28)32)18-14-30(13-15-8-4-3-5-9-15)19-11-7-6-10-16(18)19/h3-11,14,20H,13,27H2,1-2H3/t20-/m0/s1. The highest BCUT2D eigenvalue weighted by atomic mass is 16.5. The van der Waals surface area contributed by atoms with Gasteiger partial charge in [0.1, 0.15) is 11.6 Å². The third-order valence-electron chi connectivity index (χ3n) is 6.14. The summed E-state index contributed by atoms with van der Waals surface area (Å²) in [6.45, 7) is 0.615. The van der Waals surface area contributed by atoms with Crippen molar-refractivity contribution in [2.45, 2.75) is 12.5 Å². The Kier molecular flexibility index (Phi) is 4.68. The van der Waals surface area contributed by atoms with Gasteiger partial charge >= 0.3 is 5.69 Å². The van der Waals surface area contributed by atoms with E-state index in [0.29, 0.717) is 6.54 Å². The quantitative estimate of drug-likeness (QED) is 0.527. The zero-order chi connectivity index (χ0) is 23.3. The summed E-state index contributed by atoms with van der Waals surface area (Å²) in [5, 5.41) is 10.9. The van der Waals surface area contributed by atoms with Crippen molar-refractivity contribution in [1.82, 2.24) is 13.7 Å². The van der Waals surface area contributed by atoms with Gasteiger partial charge in [0.25, 0.3) is 5.56 Å². The number of para-hydroxylation sites is 1. The lowest BCUT2D eigenvalue weighted by molar-refractivity contribution is 0.348. The lowest BCUT2D eigenvalue weighted by atomic mass is 9.85. The van der Waals surface area contributed by atoms with Gasteiger partial charge < -0.3 is 15.0 Å². The van der Waals surface area contributed by atoms with Crippen LogP contribution in [0.15, 0.2) is 81.8 Å². The van der Waals surface area contributed by atoms with Gasteiger partial charge in [0.2, 0.25) is 11.8 Å². The van der Waals surface area contributed by atoms with E-state index in [9.17, 15) is 14.9 Å². The first-order valence-corrected chi connectivity index (χ1v) is 10.4. The van der Waals surface area contributed by atoms with Crippen molar-refractivity contribution in [2.24, 2.45) is 19.8 Å². The van der Waals surface area contributed by atoms with Crippen LogP contribution in [-0.4, -0.2) is 13.7 Å². The van der Waals surface area contributed by atoms with Gasteiger partial charge in [-0.15, -0.1) is 0 Å². The normalized spacial score (nSPS) is 15.2. The molecule has 2 aromatic heterocycles. The van der Waals surface area contributed by atoms with Gasteiger partial charge in [-0.2, -0.15) is 5.26 Å². The van der Waals surface area contributed by atoms with Crippen LogP contribution in [0.2, 0.25) is 0 Å². The van der Waals surface area contributed by atoms with Crippen LogP contribution in [0, 0.1) is 11.3 Å². The molecule has 164 valence electrons. The molecule has 8 heteroatoms. The van der Waals surface area contributed by atoms with Crippen molar-refractivity contribution in [3.63, 3.8) is 0 Å². The highest BCUT2D eigenvalue weighted by Gasteiger charge is 2.37. The molecule has 1 atom stereocenters. The molecule has 5 rings (SSSR count). The summed E-state index contributed by atoms with van der Waals surface area (Å²) < 4.78 is 9.98. The summed E-state index contributed by atoms with van der Waals surface area (Å²) in [7, 11) is 2.93. The van der Waals surface area contributed by atoms with E-state index < -0.39 is 17.2 Å². The predicted octanol–water partition coefficient (Wildman–Crippen LogP) is 2.31. The minimum atomic E-state index is -0.772. The molecule has 0 fully saturated rings. The third-order valence-corrected chi connectivity index (χ3v) is 6.14. The molecule has 0 bridgehead atoms. The van der Waals surface area contributed by atoms with Gasteiger partial charge in [-0.25, -0.2) is 4.79 Å². The number of rotatable bonds is 3. The fraction of sp³-hybridized carbons (Fsp3) is 0.160. The number of nitrogens with two attached hydrogens (primary N) is 1. The minimum absolute atomic E-state index is 0.0597. The van der Waals surface area contributed by atoms with Crippen LogP contribution >= 0.6 is 0 Å². The first-order chi connectivity index (χ1) is 15.9. The summed E-state index contributed by atoms with van der Waals surface area (Å²) in [6.07, 6.45) is 1.95. The monoisotopic (exact) mass is 439 g/mol. The zero-order valence-corrected chi connectivity index (χ0v) is 18.1. The average molecular weight is 439 g/mol. The van der Waals surface area contributed by atoms with Gasteiger partial charge in [-0.3, -0.25) is 13.9 Å². The molecule has 33 heavy (non-hydrogen) atoms. The SMILES string of the molecule is Cn1c2c(c(=O)n(C)c1=O)[C@H](c1cn(Cc3ccccc3)c3ccccc13)C(C#N)=C(N)O2. The summed E-state index contributed by atoms with van der Waals surface area (Å²) in [4.78, 5) is 25.8. The smallest absolute Gasteiger partial charge is 0.333 e. The first kappa shape index (κ1) is 20.4. The number of hydrogen-bond acceptors (Lipinski definition) is 5. The van der Waals surface area contributed by atoms with Crippen molar-refractivity contribution in [3.8, 4) is 11.9 Å². The molecule has 1 aliphatic heterocycles. The van der Waals surface area contributed by atoms with E-state index in [-0.39, 0.29) is 22.9 Å². The highest BCUT2D eigenvalue weighted by molar-refractivity contribution is 5.86. The van der Waals surface area contributed by atoms with E-state index >= 15 is 0 Å². The molecular formula is C25H21N5O3. The second-order valence-electron chi connectivity index (χ2n) is 8.06. The van der Waals surface area contributed by atoms with Crippen molar-refractivity contribution in [2.75, 3.05) is 0 Å². The van der Waals surface area contributed by atoms with E-state index in [1.807, 2.05) is 60.8 Å². The Hall–Kier alpha value is -4.51. The van der Waals surface area contributed by atoms with Crippen molar-refractivity contribution in [3.05, 3.63) is 110 Å². The maximum absolute atomic E-state index is 13.3. The Morgan fingerprint density at radius 3 is 2.45 bits per heavy atom. The van der Waals surface area contributed by atoms with E-state index in [1.54, 1.807) is 0 Å². The molecule has 0 saturated carbocycles. The second-order valence-corrected chi connectivity index (χ2v) is 8.06. The maximum Gasteiger partial charge on any atom is 0.333 e. The molecule has 0 aliphatic carbocycles. The molecule has 0 saturated heterocycles. The fourth-order valence-electron chi connectivity index (χ4n) is 4.51. The van der Waals surface area contributed by atoms with Gasteiger partial charge in [-0.05, 0) is 17.2 Å². The van der Waals surface area contributed by atoms with Crippen molar-refractivity contribution < 1.29 is 4.74 Å². The molecule has 0 radical (unpaired) electrons.